The van der Waals surface area contributed by atoms with Crippen molar-refractivity contribution in [2.24, 2.45) is 0 Å². The van der Waals surface area contributed by atoms with Crippen molar-refractivity contribution in [3.05, 3.63) is 51.7 Å². The van der Waals surface area contributed by atoms with Crippen molar-refractivity contribution in [2.45, 2.75) is 31.7 Å². The van der Waals surface area contributed by atoms with Crippen LogP contribution in [0.3, 0.4) is 0 Å². The topological polar surface area (TPSA) is 70.9 Å². The van der Waals surface area contributed by atoms with E-state index in [1.165, 1.54) is 0 Å². The first kappa shape index (κ1) is 21.0. The molecule has 1 amide bonds. The molecule has 1 aromatic carbocycles. The number of hydrogen-bond donors (Lipinski definition) is 2. The average Bonchev–Trinajstić information content (AvgIpc) is 3.16. The van der Waals surface area contributed by atoms with Crippen molar-refractivity contribution < 1.29 is 18.1 Å². The van der Waals surface area contributed by atoms with Gasteiger partial charge in [0, 0.05) is 4.88 Å². The third-order valence-corrected chi connectivity index (χ3v) is 8.25. The van der Waals surface area contributed by atoms with E-state index in [-0.39, 0.29) is 11.9 Å². The van der Waals surface area contributed by atoms with Gasteiger partial charge >= 0.3 is 0 Å². The Morgan fingerprint density at radius 1 is 1.25 bits per heavy atom. The molecule has 28 heavy (non-hydrogen) atoms. The second-order valence-corrected chi connectivity index (χ2v) is 10.3. The van der Waals surface area contributed by atoms with Crippen molar-refractivity contribution in [1.82, 2.24) is 9.62 Å². The monoisotopic (exact) mass is 422 g/mol. The van der Waals surface area contributed by atoms with Crippen LogP contribution in [0.5, 0.6) is 0 Å². The second kappa shape index (κ2) is 8.73. The van der Waals surface area contributed by atoms with Gasteiger partial charge in [0.25, 0.3) is 5.91 Å². The van der Waals surface area contributed by atoms with Crippen LogP contribution in [0.2, 0.25) is 0 Å². The summed E-state index contributed by atoms with van der Waals surface area (Å²) < 4.78 is 27.5. The molecule has 0 radical (unpaired) electrons. The summed E-state index contributed by atoms with van der Waals surface area (Å²) in [6.45, 7) is 8.25. The molecule has 1 fully saturated rings. The van der Waals surface area contributed by atoms with Crippen molar-refractivity contribution in [3.8, 4) is 0 Å². The standard InChI is InChI=1S/C20H27N3O3S2/c1-15-6-7-19(16(2)13-15)28(25,26)23-10-8-22(9-11-23)14-20(24)21-17(3)18-5-4-12-27-18/h4-7,12-13,17H,8-11,14H2,1-3H3,(H,21,24)/p+1/t17-/m1/s1. The van der Waals surface area contributed by atoms with Gasteiger partial charge in [-0.05, 0) is 43.8 Å². The predicted molar refractivity (Wildman–Crippen MR) is 111 cm³/mol. The number of sulfonamides is 1. The van der Waals surface area contributed by atoms with Gasteiger partial charge in [-0.2, -0.15) is 4.31 Å². The first-order valence-corrected chi connectivity index (χ1v) is 11.8. The summed E-state index contributed by atoms with van der Waals surface area (Å²) >= 11 is 1.63. The van der Waals surface area contributed by atoms with Gasteiger partial charge in [-0.25, -0.2) is 8.42 Å². The maximum absolute atomic E-state index is 13.0. The van der Waals surface area contributed by atoms with Gasteiger partial charge in [-0.3, -0.25) is 4.79 Å². The number of quaternary nitrogens is 1. The van der Waals surface area contributed by atoms with Crippen molar-refractivity contribution in [1.29, 1.82) is 0 Å². The van der Waals surface area contributed by atoms with Crippen LogP contribution in [-0.2, 0) is 14.8 Å². The number of amides is 1. The molecule has 3 rings (SSSR count). The first-order valence-electron chi connectivity index (χ1n) is 9.51. The van der Waals surface area contributed by atoms with E-state index < -0.39 is 10.0 Å². The lowest BCUT2D eigenvalue weighted by atomic mass is 10.2. The van der Waals surface area contributed by atoms with Gasteiger partial charge in [0.2, 0.25) is 10.0 Å². The van der Waals surface area contributed by atoms with Crippen molar-refractivity contribution in [3.63, 3.8) is 0 Å². The van der Waals surface area contributed by atoms with E-state index in [0.29, 0.717) is 37.6 Å². The minimum Gasteiger partial charge on any atom is -0.344 e. The van der Waals surface area contributed by atoms with Crippen LogP contribution in [0, 0.1) is 13.8 Å². The highest BCUT2D eigenvalue weighted by Crippen LogP contribution is 2.21. The number of hydrogen-bond acceptors (Lipinski definition) is 4. The predicted octanol–water partition coefficient (Wildman–Crippen LogP) is 1.13. The lowest BCUT2D eigenvalue weighted by molar-refractivity contribution is -0.895. The van der Waals surface area contributed by atoms with E-state index in [0.717, 1.165) is 20.9 Å². The molecule has 0 bridgehead atoms. The molecule has 0 saturated carbocycles. The summed E-state index contributed by atoms with van der Waals surface area (Å²) in [5.74, 6) is 0.00147. The van der Waals surface area contributed by atoms with E-state index in [4.69, 9.17) is 0 Å². The highest BCUT2D eigenvalue weighted by atomic mass is 32.2. The minimum atomic E-state index is -3.49. The van der Waals surface area contributed by atoms with Crippen LogP contribution in [0.15, 0.2) is 40.6 Å². The first-order chi connectivity index (χ1) is 13.3. The molecular formula is C20H28N3O3S2+. The number of aryl methyl sites for hydroxylation is 2. The van der Waals surface area contributed by atoms with Crippen LogP contribution >= 0.6 is 11.3 Å². The maximum atomic E-state index is 13.0. The molecule has 1 saturated heterocycles. The molecule has 2 N–H and O–H groups in total. The number of carbonyl (C=O) groups excluding carboxylic acids is 1. The third kappa shape index (κ3) is 4.81. The van der Waals surface area contributed by atoms with E-state index in [1.54, 1.807) is 21.7 Å². The number of piperazine rings is 1. The average molecular weight is 423 g/mol. The number of nitrogens with zero attached hydrogens (tertiary/aromatic N) is 1. The van der Waals surface area contributed by atoms with Crippen LogP contribution in [-0.4, -0.2) is 51.4 Å². The Hall–Kier alpha value is -1.74. The molecule has 1 aromatic heterocycles. The molecule has 2 heterocycles. The number of carbonyl (C=O) groups is 1. The highest BCUT2D eigenvalue weighted by molar-refractivity contribution is 7.89. The largest absolute Gasteiger partial charge is 0.344 e. The fourth-order valence-electron chi connectivity index (χ4n) is 3.58. The van der Waals surface area contributed by atoms with Gasteiger partial charge in [0.15, 0.2) is 6.54 Å². The zero-order valence-electron chi connectivity index (χ0n) is 16.6. The van der Waals surface area contributed by atoms with E-state index in [2.05, 4.69) is 5.32 Å². The fraction of sp³-hybridized carbons (Fsp3) is 0.450. The SMILES string of the molecule is Cc1ccc(S(=O)(=O)N2CC[NH+](CC(=O)N[C@H](C)c3cccs3)CC2)c(C)c1. The maximum Gasteiger partial charge on any atom is 0.275 e. The van der Waals surface area contributed by atoms with Gasteiger partial charge in [0.05, 0.1) is 37.1 Å². The van der Waals surface area contributed by atoms with Gasteiger partial charge in [0.1, 0.15) is 0 Å². The summed E-state index contributed by atoms with van der Waals surface area (Å²) in [6, 6.07) is 9.41. The lowest BCUT2D eigenvalue weighted by Crippen LogP contribution is -3.15. The van der Waals surface area contributed by atoms with E-state index >= 15 is 0 Å². The Kier molecular flexibility index (Phi) is 6.54. The molecule has 0 aliphatic carbocycles. The van der Waals surface area contributed by atoms with E-state index in [1.807, 2.05) is 50.4 Å². The Morgan fingerprint density at radius 3 is 2.57 bits per heavy atom. The van der Waals surface area contributed by atoms with Gasteiger partial charge in [-0.15, -0.1) is 11.3 Å². The molecule has 152 valence electrons. The summed E-state index contributed by atoms with van der Waals surface area (Å²) in [5.41, 5.74) is 1.82. The molecule has 2 aromatic rings. The molecule has 8 heteroatoms. The Balaban J connectivity index is 1.54. The van der Waals surface area contributed by atoms with Crippen molar-refractivity contribution >= 4 is 27.3 Å². The number of benzene rings is 1. The molecular weight excluding hydrogens is 394 g/mol. The Bertz CT molecular complexity index is 918. The summed E-state index contributed by atoms with van der Waals surface area (Å²) in [5, 5.41) is 5.03. The quantitative estimate of drug-likeness (QED) is 0.733. The molecule has 1 atom stereocenters. The lowest BCUT2D eigenvalue weighted by Gasteiger charge is -2.31. The number of thiophene rings is 1. The van der Waals surface area contributed by atoms with Crippen LogP contribution in [0.1, 0.15) is 29.0 Å². The fourth-order valence-corrected chi connectivity index (χ4v) is 5.96. The smallest absolute Gasteiger partial charge is 0.275 e. The van der Waals surface area contributed by atoms with Crippen LogP contribution < -0.4 is 10.2 Å². The zero-order chi connectivity index (χ0) is 20.3. The Morgan fingerprint density at radius 2 is 1.96 bits per heavy atom. The normalized spacial score (nSPS) is 17.4. The summed E-state index contributed by atoms with van der Waals surface area (Å²) in [7, 11) is -3.49. The third-order valence-electron chi connectivity index (χ3n) is 5.14. The molecule has 0 spiro atoms. The second-order valence-electron chi connectivity index (χ2n) is 7.40. The summed E-state index contributed by atoms with van der Waals surface area (Å²) in [4.78, 5) is 15.0. The van der Waals surface area contributed by atoms with Crippen molar-refractivity contribution in [2.75, 3.05) is 32.7 Å². The molecule has 1 aliphatic rings. The zero-order valence-corrected chi connectivity index (χ0v) is 18.2. The van der Waals surface area contributed by atoms with Gasteiger partial charge < -0.3 is 10.2 Å². The number of rotatable bonds is 6. The summed E-state index contributed by atoms with van der Waals surface area (Å²) in [6.07, 6.45) is 0. The van der Waals surface area contributed by atoms with E-state index in [9.17, 15) is 13.2 Å². The number of nitrogens with one attached hydrogen (secondary N) is 2. The van der Waals surface area contributed by atoms with Gasteiger partial charge in [-0.1, -0.05) is 23.8 Å². The highest BCUT2D eigenvalue weighted by Gasteiger charge is 2.32. The van der Waals surface area contributed by atoms with Crippen LogP contribution in [0.25, 0.3) is 0 Å². The molecule has 6 nitrogen and oxygen atoms in total. The van der Waals surface area contributed by atoms with Crippen LogP contribution in [0.4, 0.5) is 0 Å². The minimum absolute atomic E-state index is 0.00147. The molecule has 0 unspecified atom stereocenters. The Labute approximate surface area is 171 Å². The molecule has 1 aliphatic heterocycles.